The summed E-state index contributed by atoms with van der Waals surface area (Å²) in [4.78, 5) is 63.1. The molecule has 1 aliphatic heterocycles. The van der Waals surface area contributed by atoms with E-state index in [1.807, 2.05) is 0 Å². The third-order valence-electron chi connectivity index (χ3n) is 5.18. The highest BCUT2D eigenvalue weighted by atomic mass is 35.5. The third kappa shape index (κ3) is 7.46. The Hall–Kier alpha value is -2.20. The summed E-state index contributed by atoms with van der Waals surface area (Å²) in [6.45, 7) is 8.46. The Kier molecular flexibility index (Phi) is 10.4. The van der Waals surface area contributed by atoms with E-state index in [4.69, 9.17) is 17.3 Å². The number of nitrogens with zero attached hydrogens (tertiary/aromatic N) is 1. The normalized spacial score (nSPS) is 19.9. The zero-order chi connectivity index (χ0) is 23.9. The van der Waals surface area contributed by atoms with E-state index in [-0.39, 0.29) is 17.6 Å². The number of amides is 4. The second-order valence-corrected chi connectivity index (χ2v) is 8.54. The molecule has 1 aliphatic rings. The number of hydrogen-bond donors (Lipinski definition) is 4. The van der Waals surface area contributed by atoms with Gasteiger partial charge in [-0.1, -0.05) is 13.8 Å². The minimum absolute atomic E-state index is 0.146. The average Bonchev–Trinajstić information content (AvgIpc) is 3.19. The Balaban J connectivity index is 2.76. The molecule has 176 valence electrons. The number of hydrogen-bond acceptors (Lipinski definition) is 6. The first-order valence-corrected chi connectivity index (χ1v) is 11.0. The van der Waals surface area contributed by atoms with E-state index in [9.17, 15) is 24.0 Å². The van der Waals surface area contributed by atoms with Crippen molar-refractivity contribution in [1.82, 2.24) is 20.9 Å². The van der Waals surface area contributed by atoms with E-state index in [0.717, 1.165) is 0 Å². The second kappa shape index (κ2) is 12.0. The van der Waals surface area contributed by atoms with Gasteiger partial charge < -0.3 is 26.6 Å². The molecule has 1 heterocycles. The number of nitrogens with one attached hydrogen (secondary N) is 3. The van der Waals surface area contributed by atoms with E-state index in [2.05, 4.69) is 16.0 Å². The molecule has 5 atom stereocenters. The smallest absolute Gasteiger partial charge is 0.245 e. The standard InChI is InChI=1S/C20H34ClN5O5/c1-10(2)16(15(27)9-21)25-19(30)14-7-6-8-26(14)20(31)13(5)24-18(29)12(4)23-17(28)11(3)22/h10-14,16H,6-9,22H2,1-5H3,(H,23,28)(H,24,29)(H,25,30)/t11-,12+,13-,14-,16-/m0/s1. The summed E-state index contributed by atoms with van der Waals surface area (Å²) in [6, 6.07) is -4.00. The van der Waals surface area contributed by atoms with Gasteiger partial charge in [0.15, 0.2) is 5.78 Å². The molecule has 0 aromatic heterocycles. The zero-order valence-electron chi connectivity index (χ0n) is 18.7. The lowest BCUT2D eigenvalue weighted by atomic mass is 10.00. The van der Waals surface area contributed by atoms with Gasteiger partial charge in [-0.05, 0) is 39.5 Å². The summed E-state index contributed by atoms with van der Waals surface area (Å²) in [5.41, 5.74) is 5.47. The van der Waals surface area contributed by atoms with Crippen molar-refractivity contribution in [1.29, 1.82) is 0 Å². The molecular weight excluding hydrogens is 426 g/mol. The van der Waals surface area contributed by atoms with Crippen molar-refractivity contribution < 1.29 is 24.0 Å². The summed E-state index contributed by atoms with van der Waals surface area (Å²) >= 11 is 5.64. The lowest BCUT2D eigenvalue weighted by Gasteiger charge is -2.29. The Bertz CT molecular complexity index is 699. The molecule has 1 rings (SSSR count). The van der Waals surface area contributed by atoms with Crippen LogP contribution in [0.15, 0.2) is 0 Å². The van der Waals surface area contributed by atoms with Crippen LogP contribution in [0.1, 0.15) is 47.5 Å². The van der Waals surface area contributed by atoms with Gasteiger partial charge in [0, 0.05) is 6.54 Å². The average molecular weight is 460 g/mol. The van der Waals surface area contributed by atoms with Gasteiger partial charge >= 0.3 is 0 Å². The van der Waals surface area contributed by atoms with Gasteiger partial charge in [-0.15, -0.1) is 11.6 Å². The molecule has 1 saturated heterocycles. The molecule has 0 spiro atoms. The van der Waals surface area contributed by atoms with Crippen LogP contribution in [0.25, 0.3) is 0 Å². The van der Waals surface area contributed by atoms with Crippen molar-refractivity contribution in [2.24, 2.45) is 11.7 Å². The fourth-order valence-corrected chi connectivity index (χ4v) is 3.48. The number of nitrogens with two attached hydrogens (primary N) is 1. The first-order chi connectivity index (χ1) is 14.4. The fourth-order valence-electron chi connectivity index (χ4n) is 3.31. The Labute approximate surface area is 188 Å². The van der Waals surface area contributed by atoms with Crippen LogP contribution in [0.5, 0.6) is 0 Å². The lowest BCUT2D eigenvalue weighted by Crippen LogP contribution is -2.57. The predicted molar refractivity (Wildman–Crippen MR) is 116 cm³/mol. The molecule has 0 radical (unpaired) electrons. The largest absolute Gasteiger partial charge is 0.344 e. The molecule has 4 amide bonds. The van der Waals surface area contributed by atoms with Crippen LogP contribution in [0.3, 0.4) is 0 Å². The topological polar surface area (TPSA) is 151 Å². The number of likely N-dealkylation sites (tertiary alicyclic amines) is 1. The maximum Gasteiger partial charge on any atom is 0.245 e. The van der Waals surface area contributed by atoms with E-state index in [1.165, 1.54) is 25.7 Å². The van der Waals surface area contributed by atoms with E-state index in [1.54, 1.807) is 13.8 Å². The van der Waals surface area contributed by atoms with Crippen LogP contribution in [-0.2, 0) is 24.0 Å². The first-order valence-electron chi connectivity index (χ1n) is 10.5. The van der Waals surface area contributed by atoms with E-state index in [0.29, 0.717) is 19.4 Å². The highest BCUT2D eigenvalue weighted by Gasteiger charge is 2.38. The molecule has 31 heavy (non-hydrogen) atoms. The molecular formula is C20H34ClN5O5. The van der Waals surface area contributed by atoms with Gasteiger partial charge in [0.1, 0.15) is 18.1 Å². The van der Waals surface area contributed by atoms with Crippen molar-refractivity contribution in [3.05, 3.63) is 0 Å². The zero-order valence-corrected chi connectivity index (χ0v) is 19.5. The predicted octanol–water partition coefficient (Wildman–Crippen LogP) is -0.717. The number of carbonyl (C=O) groups is 5. The summed E-state index contributed by atoms with van der Waals surface area (Å²) in [5, 5.41) is 7.73. The molecule has 0 unspecified atom stereocenters. The van der Waals surface area contributed by atoms with Gasteiger partial charge in [0.05, 0.1) is 18.0 Å². The first kappa shape index (κ1) is 26.8. The lowest BCUT2D eigenvalue weighted by molar-refractivity contribution is -0.142. The van der Waals surface area contributed by atoms with E-state index < -0.39 is 53.8 Å². The van der Waals surface area contributed by atoms with Crippen molar-refractivity contribution in [3.8, 4) is 0 Å². The molecule has 0 aliphatic carbocycles. The van der Waals surface area contributed by atoms with Gasteiger partial charge in [-0.2, -0.15) is 0 Å². The van der Waals surface area contributed by atoms with Gasteiger partial charge in [0.25, 0.3) is 0 Å². The number of rotatable bonds is 10. The monoisotopic (exact) mass is 459 g/mol. The second-order valence-electron chi connectivity index (χ2n) is 8.27. The summed E-state index contributed by atoms with van der Waals surface area (Å²) in [7, 11) is 0. The van der Waals surface area contributed by atoms with Crippen LogP contribution in [0.2, 0.25) is 0 Å². The number of alkyl halides is 1. The molecule has 0 aromatic rings. The highest BCUT2D eigenvalue weighted by Crippen LogP contribution is 2.19. The highest BCUT2D eigenvalue weighted by molar-refractivity contribution is 6.28. The molecule has 10 nitrogen and oxygen atoms in total. The molecule has 0 bridgehead atoms. The molecule has 11 heteroatoms. The number of Topliss-reactive ketones (excluding diaryl/α,β-unsaturated/α-hetero) is 1. The van der Waals surface area contributed by atoms with Crippen LogP contribution in [0.4, 0.5) is 0 Å². The maximum atomic E-state index is 12.9. The van der Waals surface area contributed by atoms with Crippen molar-refractivity contribution >= 4 is 41.0 Å². The van der Waals surface area contributed by atoms with Crippen molar-refractivity contribution in [2.75, 3.05) is 12.4 Å². The minimum atomic E-state index is -0.902. The van der Waals surface area contributed by atoms with Gasteiger partial charge in [-0.25, -0.2) is 0 Å². The molecule has 5 N–H and O–H groups in total. The van der Waals surface area contributed by atoms with Crippen LogP contribution >= 0.6 is 11.6 Å². The van der Waals surface area contributed by atoms with Crippen molar-refractivity contribution in [3.63, 3.8) is 0 Å². The van der Waals surface area contributed by atoms with Gasteiger partial charge in [0.2, 0.25) is 23.6 Å². The molecule has 0 aromatic carbocycles. The summed E-state index contributed by atoms with van der Waals surface area (Å²) in [5.74, 6) is -2.50. The number of carbonyl (C=O) groups excluding carboxylic acids is 5. The van der Waals surface area contributed by atoms with Crippen LogP contribution in [-0.4, -0.2) is 76.9 Å². The Morgan fingerprint density at radius 1 is 0.968 bits per heavy atom. The van der Waals surface area contributed by atoms with Crippen molar-refractivity contribution in [2.45, 2.75) is 77.7 Å². The third-order valence-corrected chi connectivity index (χ3v) is 5.44. The molecule has 1 fully saturated rings. The SMILES string of the molecule is CC(C)[C@H](NC(=O)[C@@H]1CCCN1C(=O)[C@H](C)NC(=O)[C@@H](C)NC(=O)[C@H](C)N)C(=O)CCl. The summed E-state index contributed by atoms with van der Waals surface area (Å²) in [6.07, 6.45) is 1.08. The fraction of sp³-hybridized carbons (Fsp3) is 0.750. The van der Waals surface area contributed by atoms with Crippen LogP contribution < -0.4 is 21.7 Å². The maximum absolute atomic E-state index is 12.9. The number of halogens is 1. The summed E-state index contributed by atoms with van der Waals surface area (Å²) < 4.78 is 0. The quantitative estimate of drug-likeness (QED) is 0.316. The minimum Gasteiger partial charge on any atom is -0.344 e. The Morgan fingerprint density at radius 2 is 1.55 bits per heavy atom. The molecule has 0 saturated carbocycles. The van der Waals surface area contributed by atoms with Crippen LogP contribution in [0, 0.1) is 5.92 Å². The van der Waals surface area contributed by atoms with Gasteiger partial charge in [-0.3, -0.25) is 24.0 Å². The Morgan fingerprint density at radius 3 is 2.06 bits per heavy atom. The van der Waals surface area contributed by atoms with E-state index >= 15 is 0 Å². The number of ketones is 1.